The summed E-state index contributed by atoms with van der Waals surface area (Å²) in [6.07, 6.45) is 2.37. The Balaban J connectivity index is 0.00000160. The molecule has 3 aromatic heterocycles. The van der Waals surface area contributed by atoms with E-state index in [1.165, 1.54) is 17.7 Å². The first-order valence-electron chi connectivity index (χ1n) is 7.85. The molecule has 0 atom stereocenters. The minimum atomic E-state index is -0.579. The number of thiazole rings is 1. The number of rotatable bonds is 4. The summed E-state index contributed by atoms with van der Waals surface area (Å²) in [5, 5.41) is 13.3. The molecule has 0 spiro atoms. The Labute approximate surface area is 196 Å². The molecule has 13 heteroatoms. The fourth-order valence-corrected chi connectivity index (χ4v) is 4.44. The topological polar surface area (TPSA) is 110 Å². The van der Waals surface area contributed by atoms with Gasteiger partial charge in [-0.05, 0) is 12.1 Å². The van der Waals surface area contributed by atoms with Crippen LogP contribution in [0.3, 0.4) is 0 Å². The highest BCUT2D eigenvalue weighted by atomic mass is 35.5. The van der Waals surface area contributed by atoms with E-state index in [1.807, 2.05) is 0 Å². The Morgan fingerprint density at radius 3 is 2.47 bits per heavy atom. The van der Waals surface area contributed by atoms with Crippen molar-refractivity contribution in [2.75, 3.05) is 11.1 Å². The van der Waals surface area contributed by atoms with Crippen LogP contribution in [0.4, 0.5) is 21.7 Å². The highest BCUT2D eigenvalue weighted by molar-refractivity contribution is 7.22. The predicted octanol–water partition coefficient (Wildman–Crippen LogP) is 5.26. The lowest BCUT2D eigenvalue weighted by atomic mass is 10.2. The number of pyridine rings is 1. The fraction of sp³-hybridized carbons (Fsp3) is 0.0588. The Bertz CT molecular complexity index is 1190. The molecule has 0 fully saturated rings. The first-order valence-corrected chi connectivity index (χ1v) is 9.42. The van der Waals surface area contributed by atoms with Crippen LogP contribution in [0.15, 0.2) is 30.7 Å². The molecule has 0 saturated carbocycles. The number of hydrogen-bond acceptors (Lipinski definition) is 8. The van der Waals surface area contributed by atoms with Gasteiger partial charge in [-0.3, -0.25) is 0 Å². The number of nitrogens with two attached hydrogens (primary N) is 1. The van der Waals surface area contributed by atoms with E-state index in [1.54, 1.807) is 18.2 Å². The molecule has 0 amide bonds. The number of hydrogen-bond donors (Lipinski definition) is 3. The van der Waals surface area contributed by atoms with Crippen LogP contribution < -0.4 is 11.1 Å². The lowest BCUT2D eigenvalue weighted by molar-refractivity contribution is 0.276. The highest BCUT2D eigenvalue weighted by Crippen LogP contribution is 2.42. The van der Waals surface area contributed by atoms with Gasteiger partial charge in [0.2, 0.25) is 0 Å². The third-order valence-electron chi connectivity index (χ3n) is 3.79. The molecule has 4 aromatic rings. The maximum absolute atomic E-state index is 14.3. The Hall–Kier alpha value is -2.01. The summed E-state index contributed by atoms with van der Waals surface area (Å²) in [6.45, 7) is -0.234. The van der Waals surface area contributed by atoms with Crippen LogP contribution in [0.1, 0.15) is 5.69 Å². The number of nitrogen functional groups attached to an aromatic ring is 1. The average molecular weight is 510 g/mol. The minimum Gasteiger partial charge on any atom is -0.399 e. The zero-order valence-electron chi connectivity index (χ0n) is 14.8. The van der Waals surface area contributed by atoms with Crippen molar-refractivity contribution < 1.29 is 9.50 Å². The molecule has 0 bridgehead atoms. The predicted molar refractivity (Wildman–Crippen MR) is 123 cm³/mol. The number of anilines is 3. The zero-order valence-corrected chi connectivity index (χ0v) is 18.7. The molecular weight excluding hydrogens is 497 g/mol. The number of aliphatic hydroxyl groups is 1. The summed E-state index contributed by atoms with van der Waals surface area (Å²) in [6, 6.07) is 4.67. The van der Waals surface area contributed by atoms with Gasteiger partial charge in [-0.2, -0.15) is 0 Å². The molecule has 7 nitrogen and oxygen atoms in total. The van der Waals surface area contributed by atoms with Crippen LogP contribution in [0.25, 0.3) is 20.8 Å². The largest absolute Gasteiger partial charge is 0.399 e. The summed E-state index contributed by atoms with van der Waals surface area (Å²) in [5.41, 5.74) is 7.18. The highest BCUT2D eigenvalue weighted by Gasteiger charge is 2.19. The van der Waals surface area contributed by atoms with Crippen LogP contribution in [0, 0.1) is 5.82 Å². The third-order valence-corrected chi connectivity index (χ3v) is 5.46. The van der Waals surface area contributed by atoms with Crippen LogP contribution >= 0.6 is 59.4 Å². The normalized spacial score (nSPS) is 10.4. The fourth-order valence-electron chi connectivity index (χ4n) is 2.55. The van der Waals surface area contributed by atoms with Crippen molar-refractivity contribution in [1.82, 2.24) is 19.9 Å². The number of nitrogens with one attached hydrogen (secondary N) is 1. The summed E-state index contributed by atoms with van der Waals surface area (Å²) in [5.74, 6) is 0.174. The van der Waals surface area contributed by atoms with Crippen LogP contribution in [-0.2, 0) is 6.61 Å². The van der Waals surface area contributed by atoms with Gasteiger partial charge in [0.25, 0.3) is 0 Å². The second-order valence-corrected chi connectivity index (χ2v) is 7.50. The molecule has 0 unspecified atom stereocenters. The van der Waals surface area contributed by atoms with Crippen molar-refractivity contribution in [3.8, 4) is 10.6 Å². The van der Waals surface area contributed by atoms with Gasteiger partial charge in [0.05, 0.1) is 28.5 Å². The molecule has 0 radical (unpaired) electrons. The monoisotopic (exact) mass is 508 g/mol. The molecule has 0 saturated heterocycles. The summed E-state index contributed by atoms with van der Waals surface area (Å²) in [7, 11) is 0. The first kappa shape index (κ1) is 24.3. The summed E-state index contributed by atoms with van der Waals surface area (Å²) >= 11 is 13.7. The van der Waals surface area contributed by atoms with Gasteiger partial charge < -0.3 is 16.2 Å². The molecule has 4 rings (SSSR count). The molecule has 0 aliphatic carbocycles. The second kappa shape index (κ2) is 9.86. The number of fused-ring (bicyclic) bond motifs is 1. The maximum atomic E-state index is 14.3. The zero-order chi connectivity index (χ0) is 19.8. The van der Waals surface area contributed by atoms with E-state index in [0.29, 0.717) is 48.3 Å². The van der Waals surface area contributed by atoms with E-state index < -0.39 is 5.82 Å². The van der Waals surface area contributed by atoms with Crippen LogP contribution in [-0.4, -0.2) is 25.0 Å². The average Bonchev–Trinajstić information content (AvgIpc) is 3.09. The SMILES string of the molecule is Cl.Cl.Nc1cc(Cl)c(-c2nc3c(F)cnc(Nc4cc(CO)ncn4)c3s2)c(Cl)c1. The van der Waals surface area contributed by atoms with Gasteiger partial charge in [-0.1, -0.05) is 23.2 Å². The molecule has 3 heterocycles. The molecule has 1 aromatic carbocycles. The maximum Gasteiger partial charge on any atom is 0.168 e. The Morgan fingerprint density at radius 2 is 1.80 bits per heavy atom. The molecule has 30 heavy (non-hydrogen) atoms. The quantitative estimate of drug-likeness (QED) is 0.322. The van der Waals surface area contributed by atoms with Gasteiger partial charge in [-0.25, -0.2) is 24.3 Å². The molecular formula is C17H13Cl4FN6OS. The lowest BCUT2D eigenvalue weighted by Gasteiger charge is -2.06. The smallest absolute Gasteiger partial charge is 0.168 e. The Morgan fingerprint density at radius 1 is 1.10 bits per heavy atom. The van der Waals surface area contributed by atoms with E-state index in [4.69, 9.17) is 28.9 Å². The van der Waals surface area contributed by atoms with Crippen molar-refractivity contribution in [2.24, 2.45) is 0 Å². The van der Waals surface area contributed by atoms with Crippen molar-refractivity contribution in [1.29, 1.82) is 0 Å². The van der Waals surface area contributed by atoms with Gasteiger partial charge in [0.15, 0.2) is 11.6 Å². The second-order valence-electron chi connectivity index (χ2n) is 5.69. The van der Waals surface area contributed by atoms with Crippen molar-refractivity contribution in [3.05, 3.63) is 52.3 Å². The van der Waals surface area contributed by atoms with Crippen LogP contribution in [0.2, 0.25) is 10.0 Å². The van der Waals surface area contributed by atoms with Gasteiger partial charge in [-0.15, -0.1) is 36.2 Å². The number of nitrogens with zero attached hydrogens (tertiary/aromatic N) is 4. The van der Waals surface area contributed by atoms with E-state index in [-0.39, 0.29) is 36.9 Å². The molecule has 158 valence electrons. The standard InChI is InChI=1S/C17H11Cl2FN6OS.2ClH/c18-9-1-7(21)2-10(19)13(9)17-26-14-11(20)4-22-16(15(14)28-17)25-12-3-8(5-27)23-6-24-12;;/h1-4,6,27H,5,21H2,(H,22,23,24,25);2*1H. The van der Waals surface area contributed by atoms with E-state index in [2.05, 4.69) is 25.3 Å². The van der Waals surface area contributed by atoms with E-state index in [9.17, 15) is 9.50 Å². The van der Waals surface area contributed by atoms with Crippen molar-refractivity contribution in [3.63, 3.8) is 0 Å². The summed E-state index contributed by atoms with van der Waals surface area (Å²) < 4.78 is 14.8. The molecule has 4 N–H and O–H groups in total. The van der Waals surface area contributed by atoms with Gasteiger partial charge in [0.1, 0.15) is 27.4 Å². The third kappa shape index (κ3) is 4.66. The van der Waals surface area contributed by atoms with Crippen molar-refractivity contribution in [2.45, 2.75) is 6.61 Å². The minimum absolute atomic E-state index is 0. The van der Waals surface area contributed by atoms with Gasteiger partial charge >= 0.3 is 0 Å². The number of halogens is 5. The first-order chi connectivity index (χ1) is 13.5. The molecule has 0 aliphatic rings. The number of benzene rings is 1. The van der Waals surface area contributed by atoms with E-state index >= 15 is 0 Å². The Kier molecular flexibility index (Phi) is 7.98. The van der Waals surface area contributed by atoms with Gasteiger partial charge in [0, 0.05) is 17.3 Å². The van der Waals surface area contributed by atoms with Crippen molar-refractivity contribution >= 4 is 86.9 Å². The van der Waals surface area contributed by atoms with Crippen LogP contribution in [0.5, 0.6) is 0 Å². The van der Waals surface area contributed by atoms with E-state index in [0.717, 1.165) is 6.20 Å². The lowest BCUT2D eigenvalue weighted by Crippen LogP contribution is -1.99. The summed E-state index contributed by atoms with van der Waals surface area (Å²) in [4.78, 5) is 16.4. The number of aliphatic hydroxyl groups excluding tert-OH is 1. The number of aromatic nitrogens is 4. The molecule has 0 aliphatic heterocycles.